The van der Waals surface area contributed by atoms with Gasteiger partial charge in [-0.1, -0.05) is 17.7 Å². The first-order chi connectivity index (χ1) is 13.0. The van der Waals surface area contributed by atoms with Gasteiger partial charge in [0.25, 0.3) is 0 Å². The number of carbonyl (C=O) groups is 1. The molecule has 1 atom stereocenters. The largest absolute Gasteiger partial charge is 0.339 e. The number of nitrogens with zero attached hydrogens (tertiary/aromatic N) is 4. The molecule has 0 saturated carbocycles. The summed E-state index contributed by atoms with van der Waals surface area (Å²) in [5.41, 5.74) is 3.85. The molecule has 1 aliphatic heterocycles. The average molecular weight is 366 g/mol. The number of hydrogen-bond donors (Lipinski definition) is 2. The first kappa shape index (κ1) is 17.6. The molecule has 7 heteroatoms. The third-order valence-corrected chi connectivity index (χ3v) is 5.15. The number of piperidine rings is 1. The predicted octanol–water partition coefficient (Wildman–Crippen LogP) is 4.06. The quantitative estimate of drug-likeness (QED) is 0.734. The zero-order chi connectivity index (χ0) is 19.0. The maximum atomic E-state index is 12.7. The lowest BCUT2D eigenvalue weighted by molar-refractivity contribution is 0.191. The molecule has 2 amide bonds. The maximum absolute atomic E-state index is 12.7. The highest BCUT2D eigenvalue weighted by molar-refractivity contribution is 5.89. The molecule has 4 rings (SSSR count). The maximum Gasteiger partial charge on any atom is 0.321 e. The summed E-state index contributed by atoms with van der Waals surface area (Å²) >= 11 is 0. The van der Waals surface area contributed by atoms with Gasteiger partial charge in [0.15, 0.2) is 5.65 Å². The Morgan fingerprint density at radius 2 is 2.07 bits per heavy atom. The molecule has 0 spiro atoms. The highest BCUT2D eigenvalue weighted by Gasteiger charge is 2.27. The molecular weight excluding hydrogens is 340 g/mol. The normalized spacial score (nSPS) is 17.6. The second kappa shape index (κ2) is 7.06. The molecule has 7 nitrogen and oxygen atoms in total. The van der Waals surface area contributed by atoms with Gasteiger partial charge in [0.05, 0.1) is 6.20 Å². The highest BCUT2D eigenvalue weighted by Crippen LogP contribution is 2.27. The van der Waals surface area contributed by atoms with Crippen LogP contribution in [0.1, 0.15) is 50.0 Å². The van der Waals surface area contributed by atoms with E-state index in [0.29, 0.717) is 6.54 Å². The van der Waals surface area contributed by atoms with Gasteiger partial charge in [-0.3, -0.25) is 0 Å². The monoisotopic (exact) mass is 366 g/mol. The van der Waals surface area contributed by atoms with Crippen molar-refractivity contribution in [2.45, 2.75) is 45.6 Å². The minimum atomic E-state index is -0.0481. The van der Waals surface area contributed by atoms with E-state index in [2.05, 4.69) is 29.2 Å². The molecular formula is C20H26N6O. The predicted molar refractivity (Wildman–Crippen MR) is 106 cm³/mol. The Bertz CT molecular complexity index is 939. The van der Waals surface area contributed by atoms with Crippen molar-refractivity contribution in [3.63, 3.8) is 0 Å². The topological polar surface area (TPSA) is 78.8 Å². The fourth-order valence-electron chi connectivity index (χ4n) is 3.63. The van der Waals surface area contributed by atoms with Crippen molar-refractivity contribution in [1.29, 1.82) is 0 Å². The Kier molecular flexibility index (Phi) is 4.59. The molecule has 0 bridgehead atoms. The van der Waals surface area contributed by atoms with Gasteiger partial charge in [-0.15, -0.1) is 0 Å². The average Bonchev–Trinajstić information content (AvgIpc) is 3.24. The van der Waals surface area contributed by atoms with E-state index in [0.717, 1.165) is 42.1 Å². The van der Waals surface area contributed by atoms with Gasteiger partial charge in [-0.2, -0.15) is 5.10 Å². The van der Waals surface area contributed by atoms with Crippen LogP contribution in [0.2, 0.25) is 0 Å². The van der Waals surface area contributed by atoms with Crippen LogP contribution < -0.4 is 5.32 Å². The molecule has 3 aromatic rings. The van der Waals surface area contributed by atoms with E-state index in [4.69, 9.17) is 4.98 Å². The van der Waals surface area contributed by atoms with Crippen molar-refractivity contribution in [2.24, 2.45) is 0 Å². The lowest BCUT2D eigenvalue weighted by Gasteiger charge is -2.31. The van der Waals surface area contributed by atoms with Gasteiger partial charge in [-0.25, -0.2) is 14.5 Å². The summed E-state index contributed by atoms with van der Waals surface area (Å²) in [5, 5.41) is 7.38. The lowest BCUT2D eigenvalue weighted by atomic mass is 9.97. The van der Waals surface area contributed by atoms with E-state index in [1.54, 1.807) is 0 Å². The number of likely N-dealkylation sites (tertiary alicyclic amines) is 1. The van der Waals surface area contributed by atoms with E-state index in [1.807, 2.05) is 47.0 Å². The number of nitrogens with one attached hydrogen (secondary N) is 2. The number of aromatic amines is 1. The van der Waals surface area contributed by atoms with E-state index in [-0.39, 0.29) is 18.0 Å². The number of aromatic nitrogens is 4. The highest BCUT2D eigenvalue weighted by atomic mass is 16.2. The SMILES string of the molecule is Cc1ccc(NC(=O)N2CCCC(c3nc4c(cnn4C(C)C)[nH]3)C2)cc1. The Morgan fingerprint density at radius 3 is 2.81 bits per heavy atom. The Balaban J connectivity index is 1.47. The molecule has 1 saturated heterocycles. The van der Waals surface area contributed by atoms with Gasteiger partial charge in [0, 0.05) is 30.7 Å². The molecule has 142 valence electrons. The fraction of sp³-hybridized carbons (Fsp3) is 0.450. The van der Waals surface area contributed by atoms with Gasteiger partial charge < -0.3 is 15.2 Å². The Morgan fingerprint density at radius 1 is 1.30 bits per heavy atom. The smallest absolute Gasteiger partial charge is 0.321 e. The molecule has 1 fully saturated rings. The molecule has 27 heavy (non-hydrogen) atoms. The van der Waals surface area contributed by atoms with Crippen molar-refractivity contribution in [1.82, 2.24) is 24.6 Å². The number of fused-ring (bicyclic) bond motifs is 1. The number of aryl methyl sites for hydroxylation is 1. The lowest BCUT2D eigenvalue weighted by Crippen LogP contribution is -2.41. The van der Waals surface area contributed by atoms with Crippen LogP contribution in [-0.2, 0) is 0 Å². The molecule has 0 aliphatic carbocycles. The van der Waals surface area contributed by atoms with E-state index in [1.165, 1.54) is 5.56 Å². The fourth-order valence-corrected chi connectivity index (χ4v) is 3.63. The first-order valence-electron chi connectivity index (χ1n) is 9.57. The summed E-state index contributed by atoms with van der Waals surface area (Å²) in [4.78, 5) is 22.7. The van der Waals surface area contributed by atoms with Crippen molar-refractivity contribution in [3.05, 3.63) is 41.9 Å². The molecule has 1 unspecified atom stereocenters. The zero-order valence-electron chi connectivity index (χ0n) is 16.1. The second-order valence-electron chi connectivity index (χ2n) is 7.62. The van der Waals surface area contributed by atoms with E-state index >= 15 is 0 Å². The van der Waals surface area contributed by atoms with Gasteiger partial charge >= 0.3 is 6.03 Å². The summed E-state index contributed by atoms with van der Waals surface area (Å²) < 4.78 is 1.93. The number of carbonyl (C=O) groups excluding carboxylic acids is 1. The summed E-state index contributed by atoms with van der Waals surface area (Å²) in [5.74, 6) is 1.17. The molecule has 3 heterocycles. The molecule has 1 aliphatic rings. The number of imidazole rings is 1. The molecule has 0 radical (unpaired) electrons. The van der Waals surface area contributed by atoms with Crippen LogP contribution in [0.4, 0.5) is 10.5 Å². The molecule has 2 aromatic heterocycles. The molecule has 1 aromatic carbocycles. The standard InChI is InChI=1S/C20H26N6O/c1-13(2)26-19-17(11-21-26)23-18(24-19)15-5-4-10-25(12-15)20(27)22-16-8-6-14(3)7-9-16/h6-9,11,13,15H,4-5,10,12H2,1-3H3,(H,22,27)(H,23,24). The second-order valence-corrected chi connectivity index (χ2v) is 7.62. The van der Waals surface area contributed by atoms with E-state index in [9.17, 15) is 4.79 Å². The third kappa shape index (κ3) is 3.54. The number of benzene rings is 1. The third-order valence-electron chi connectivity index (χ3n) is 5.15. The van der Waals surface area contributed by atoms with Gasteiger partial charge in [-0.05, 0) is 45.7 Å². The number of anilines is 1. The van der Waals surface area contributed by atoms with Crippen LogP contribution in [-0.4, -0.2) is 43.8 Å². The van der Waals surface area contributed by atoms with Crippen molar-refractivity contribution in [2.75, 3.05) is 18.4 Å². The summed E-state index contributed by atoms with van der Waals surface area (Å²) in [6.07, 6.45) is 3.83. The summed E-state index contributed by atoms with van der Waals surface area (Å²) in [6.45, 7) is 7.67. The van der Waals surface area contributed by atoms with Crippen LogP contribution in [0.3, 0.4) is 0 Å². The Hall–Kier alpha value is -2.83. The number of H-pyrrole nitrogens is 1. The van der Waals surface area contributed by atoms with Crippen LogP contribution >= 0.6 is 0 Å². The zero-order valence-corrected chi connectivity index (χ0v) is 16.1. The minimum Gasteiger partial charge on any atom is -0.339 e. The van der Waals surface area contributed by atoms with Crippen LogP contribution in [0.25, 0.3) is 11.2 Å². The Labute approximate surface area is 158 Å². The van der Waals surface area contributed by atoms with Gasteiger partial charge in [0.2, 0.25) is 0 Å². The summed E-state index contributed by atoms with van der Waals surface area (Å²) in [6, 6.07) is 8.09. The number of amides is 2. The van der Waals surface area contributed by atoms with Crippen LogP contribution in [0, 0.1) is 6.92 Å². The number of rotatable bonds is 3. The summed E-state index contributed by atoms with van der Waals surface area (Å²) in [7, 11) is 0. The van der Waals surface area contributed by atoms with Crippen molar-refractivity contribution >= 4 is 22.9 Å². The minimum absolute atomic E-state index is 0.0481. The molecule has 2 N–H and O–H groups in total. The van der Waals surface area contributed by atoms with Crippen LogP contribution in [0.15, 0.2) is 30.5 Å². The number of urea groups is 1. The van der Waals surface area contributed by atoms with E-state index < -0.39 is 0 Å². The van der Waals surface area contributed by atoms with Crippen LogP contribution in [0.5, 0.6) is 0 Å². The van der Waals surface area contributed by atoms with Gasteiger partial charge in [0.1, 0.15) is 11.3 Å². The van der Waals surface area contributed by atoms with Crippen molar-refractivity contribution < 1.29 is 4.79 Å². The van der Waals surface area contributed by atoms with Crippen molar-refractivity contribution in [3.8, 4) is 0 Å². The number of hydrogen-bond acceptors (Lipinski definition) is 3. The first-order valence-corrected chi connectivity index (χ1v) is 9.57.